The maximum Gasteiger partial charge on any atom is 0.243 e. The monoisotopic (exact) mass is 478 g/mol. The fraction of sp³-hybridized carbons (Fsp3) is 0.400. The minimum atomic E-state index is -4.29. The number of aliphatic hydroxyl groups is 2. The lowest BCUT2D eigenvalue weighted by Gasteiger charge is -2.24. The van der Waals surface area contributed by atoms with Crippen molar-refractivity contribution in [3.63, 3.8) is 0 Å². The van der Waals surface area contributed by atoms with Gasteiger partial charge in [-0.3, -0.25) is 0 Å². The molecule has 3 N–H and O–H groups in total. The van der Waals surface area contributed by atoms with Crippen molar-refractivity contribution in [1.29, 1.82) is 0 Å². The van der Waals surface area contributed by atoms with E-state index in [0.29, 0.717) is 0 Å². The molecule has 1 fully saturated rings. The van der Waals surface area contributed by atoms with Gasteiger partial charge in [0.15, 0.2) is 6.23 Å². The Morgan fingerprint density at radius 1 is 1.26 bits per heavy atom. The van der Waals surface area contributed by atoms with Crippen molar-refractivity contribution in [3.05, 3.63) is 58.4 Å². The number of anilines is 1. The SMILES string of the molecule is O=S(=O)(c1cc(C(O)Nc2ccc(F)c(Cl)c2)ccc1CF)N1CCC[C@H](O)[C@@H](F)C1. The highest BCUT2D eigenvalue weighted by molar-refractivity contribution is 7.89. The van der Waals surface area contributed by atoms with Crippen molar-refractivity contribution in [2.45, 2.75) is 42.9 Å². The molecule has 1 heterocycles. The predicted molar refractivity (Wildman–Crippen MR) is 110 cm³/mol. The molecule has 6 nitrogen and oxygen atoms in total. The van der Waals surface area contributed by atoms with Crippen LogP contribution in [0.25, 0.3) is 0 Å². The van der Waals surface area contributed by atoms with Gasteiger partial charge in [0.1, 0.15) is 18.7 Å². The fourth-order valence-electron chi connectivity index (χ4n) is 3.34. The van der Waals surface area contributed by atoms with Crippen LogP contribution in [-0.2, 0) is 16.7 Å². The Balaban J connectivity index is 1.91. The number of aliphatic hydroxyl groups excluding tert-OH is 2. The van der Waals surface area contributed by atoms with Crippen molar-refractivity contribution in [2.75, 3.05) is 18.4 Å². The minimum Gasteiger partial charge on any atom is -0.390 e. The van der Waals surface area contributed by atoms with Gasteiger partial charge >= 0.3 is 0 Å². The first-order valence-corrected chi connectivity index (χ1v) is 11.4. The molecule has 0 spiro atoms. The lowest BCUT2D eigenvalue weighted by Crippen LogP contribution is -2.38. The van der Waals surface area contributed by atoms with Gasteiger partial charge in [0.05, 0.1) is 16.0 Å². The van der Waals surface area contributed by atoms with Gasteiger partial charge in [-0.15, -0.1) is 0 Å². The molecule has 0 bridgehead atoms. The van der Waals surface area contributed by atoms with E-state index in [0.717, 1.165) is 16.4 Å². The average Bonchev–Trinajstić information content (AvgIpc) is 2.91. The third kappa shape index (κ3) is 5.32. The van der Waals surface area contributed by atoms with Crippen LogP contribution in [-0.4, -0.2) is 48.3 Å². The van der Waals surface area contributed by atoms with Gasteiger partial charge in [-0.2, -0.15) is 4.31 Å². The number of nitrogens with zero attached hydrogens (tertiary/aromatic N) is 1. The van der Waals surface area contributed by atoms with Crippen LogP contribution in [0.3, 0.4) is 0 Å². The van der Waals surface area contributed by atoms with Gasteiger partial charge in [-0.1, -0.05) is 23.7 Å². The largest absolute Gasteiger partial charge is 0.390 e. The fourth-order valence-corrected chi connectivity index (χ4v) is 5.25. The molecule has 170 valence electrons. The summed E-state index contributed by atoms with van der Waals surface area (Å²) in [6, 6.07) is 7.37. The second-order valence-corrected chi connectivity index (χ2v) is 9.58. The summed E-state index contributed by atoms with van der Waals surface area (Å²) in [6.07, 6.45) is -4.07. The quantitative estimate of drug-likeness (QED) is 0.553. The average molecular weight is 479 g/mol. The molecule has 1 unspecified atom stereocenters. The molecule has 0 amide bonds. The summed E-state index contributed by atoms with van der Waals surface area (Å²) in [6.45, 7) is -1.65. The van der Waals surface area contributed by atoms with E-state index in [1.807, 2.05) is 0 Å². The number of sulfonamides is 1. The Morgan fingerprint density at radius 3 is 2.68 bits per heavy atom. The normalized spacial score (nSPS) is 21.5. The van der Waals surface area contributed by atoms with Crippen molar-refractivity contribution >= 4 is 27.3 Å². The lowest BCUT2D eigenvalue weighted by atomic mass is 10.1. The highest BCUT2D eigenvalue weighted by Gasteiger charge is 2.34. The Bertz CT molecular complexity index is 1040. The van der Waals surface area contributed by atoms with E-state index >= 15 is 0 Å². The maximum atomic E-state index is 14.1. The van der Waals surface area contributed by atoms with Crippen LogP contribution < -0.4 is 5.32 Å². The molecule has 31 heavy (non-hydrogen) atoms. The van der Waals surface area contributed by atoms with Crippen molar-refractivity contribution in [2.24, 2.45) is 0 Å². The van der Waals surface area contributed by atoms with Gasteiger partial charge in [0.2, 0.25) is 10.0 Å². The Kier molecular flexibility index (Phi) is 7.48. The molecular formula is C20H22ClF3N2O4S. The van der Waals surface area contributed by atoms with Gasteiger partial charge in [-0.25, -0.2) is 21.6 Å². The van der Waals surface area contributed by atoms with Crippen LogP contribution in [0, 0.1) is 5.82 Å². The van der Waals surface area contributed by atoms with Crippen LogP contribution in [0.2, 0.25) is 5.02 Å². The number of halogens is 4. The summed E-state index contributed by atoms with van der Waals surface area (Å²) in [5.74, 6) is -0.642. The van der Waals surface area contributed by atoms with Crippen molar-refractivity contribution in [3.8, 4) is 0 Å². The Hall–Kier alpha value is -1.85. The summed E-state index contributed by atoms with van der Waals surface area (Å²) >= 11 is 5.72. The number of hydrogen-bond donors (Lipinski definition) is 3. The second-order valence-electron chi connectivity index (χ2n) is 7.27. The molecule has 2 aromatic rings. The summed E-state index contributed by atoms with van der Waals surface area (Å²) in [5.41, 5.74) is 0.239. The third-order valence-electron chi connectivity index (χ3n) is 5.09. The summed E-state index contributed by atoms with van der Waals surface area (Å²) in [5, 5.41) is 22.6. The van der Waals surface area contributed by atoms with E-state index < -0.39 is 52.5 Å². The van der Waals surface area contributed by atoms with Crippen molar-refractivity contribution < 1.29 is 31.8 Å². The summed E-state index contributed by atoms with van der Waals surface area (Å²) < 4.78 is 68.1. The summed E-state index contributed by atoms with van der Waals surface area (Å²) in [7, 11) is -4.29. The molecule has 0 saturated carbocycles. The predicted octanol–water partition coefficient (Wildman–Crippen LogP) is 3.54. The molecular weight excluding hydrogens is 457 g/mol. The van der Waals surface area contributed by atoms with Crippen molar-refractivity contribution in [1.82, 2.24) is 4.31 Å². The molecule has 1 aliphatic heterocycles. The topological polar surface area (TPSA) is 89.9 Å². The first-order valence-electron chi connectivity index (χ1n) is 9.54. The highest BCUT2D eigenvalue weighted by Crippen LogP contribution is 2.29. The van der Waals surface area contributed by atoms with Crippen LogP contribution in [0.4, 0.5) is 18.9 Å². The van der Waals surface area contributed by atoms with Gasteiger partial charge < -0.3 is 15.5 Å². The standard InChI is InChI=1S/C20H22ClF3N2O4S/c21-15-9-14(5-6-16(15)23)25-20(28)12-3-4-13(10-22)19(8-12)31(29,30)26-7-1-2-18(27)17(24)11-26/h3-6,8-9,17-18,20,25,27-28H,1-2,7,10-11H2/t17-,18-,20?/m0/s1. The van der Waals surface area contributed by atoms with E-state index in [-0.39, 0.29) is 41.2 Å². The lowest BCUT2D eigenvalue weighted by molar-refractivity contribution is 0.0732. The summed E-state index contributed by atoms with van der Waals surface area (Å²) in [4.78, 5) is -0.394. The zero-order valence-electron chi connectivity index (χ0n) is 16.3. The van der Waals surface area contributed by atoms with E-state index in [9.17, 15) is 31.8 Å². The number of rotatable bonds is 6. The zero-order valence-corrected chi connectivity index (χ0v) is 17.9. The molecule has 2 aromatic carbocycles. The molecule has 11 heteroatoms. The van der Waals surface area contributed by atoms with Crippen LogP contribution in [0.5, 0.6) is 0 Å². The number of hydrogen-bond acceptors (Lipinski definition) is 5. The van der Waals surface area contributed by atoms with Crippen LogP contribution in [0.1, 0.15) is 30.2 Å². The van der Waals surface area contributed by atoms with E-state index in [2.05, 4.69) is 5.32 Å². The molecule has 0 aromatic heterocycles. The van der Waals surface area contributed by atoms with E-state index in [4.69, 9.17) is 11.6 Å². The minimum absolute atomic E-state index is 0.0232. The van der Waals surface area contributed by atoms with Gasteiger partial charge in [-0.05, 0) is 37.1 Å². The molecule has 0 aliphatic carbocycles. The highest BCUT2D eigenvalue weighted by atomic mass is 35.5. The second kappa shape index (κ2) is 9.74. The molecule has 1 saturated heterocycles. The van der Waals surface area contributed by atoms with Crippen LogP contribution in [0.15, 0.2) is 41.3 Å². The first kappa shape index (κ1) is 23.8. The first-order chi connectivity index (χ1) is 14.6. The Labute approximate surface area is 183 Å². The molecule has 3 rings (SSSR count). The molecule has 3 atom stereocenters. The number of nitrogens with one attached hydrogen (secondary N) is 1. The maximum absolute atomic E-state index is 14.1. The molecule has 1 aliphatic rings. The van der Waals surface area contributed by atoms with Crippen LogP contribution >= 0.6 is 11.6 Å². The van der Waals surface area contributed by atoms with E-state index in [1.54, 1.807) is 0 Å². The number of alkyl halides is 2. The van der Waals surface area contributed by atoms with E-state index in [1.165, 1.54) is 24.3 Å². The number of benzene rings is 2. The van der Waals surface area contributed by atoms with Gasteiger partial charge in [0.25, 0.3) is 0 Å². The molecule has 0 radical (unpaired) electrons. The van der Waals surface area contributed by atoms with Gasteiger partial charge in [0, 0.05) is 29.9 Å². The Morgan fingerprint density at radius 2 is 2.00 bits per heavy atom. The third-order valence-corrected chi connectivity index (χ3v) is 7.33. The zero-order chi connectivity index (χ0) is 22.8. The smallest absolute Gasteiger partial charge is 0.243 e.